The smallest absolute Gasteiger partial charge is 0.170 e. The summed E-state index contributed by atoms with van der Waals surface area (Å²) >= 11 is 0. The molecular weight excluding hydrogens is 245 g/mol. The van der Waals surface area contributed by atoms with Gasteiger partial charge in [0.15, 0.2) is 11.6 Å². The molecule has 0 saturated carbocycles. The molecule has 0 atom stereocenters. The summed E-state index contributed by atoms with van der Waals surface area (Å²) in [6.45, 7) is 9.35. The number of morpholine rings is 1. The first-order valence-corrected chi connectivity index (χ1v) is 6.68. The molecule has 2 heterocycles. The Kier molecular flexibility index (Phi) is 4.37. The van der Waals surface area contributed by atoms with Crippen molar-refractivity contribution in [2.75, 3.05) is 31.2 Å². The number of pyridine rings is 1. The zero-order valence-electron chi connectivity index (χ0n) is 11.9. The highest BCUT2D eigenvalue weighted by molar-refractivity contribution is 5.43. The van der Waals surface area contributed by atoms with Gasteiger partial charge in [-0.25, -0.2) is 9.37 Å². The SMILES string of the molecule is CC(C)(C)NCc1ccnc(N2CCOCC2)c1F. The summed E-state index contributed by atoms with van der Waals surface area (Å²) in [6, 6.07) is 1.73. The highest BCUT2D eigenvalue weighted by Gasteiger charge is 2.19. The molecule has 1 saturated heterocycles. The molecule has 0 aliphatic carbocycles. The summed E-state index contributed by atoms with van der Waals surface area (Å²) in [5.41, 5.74) is 0.626. The maximum atomic E-state index is 14.4. The number of nitrogens with zero attached hydrogens (tertiary/aromatic N) is 2. The van der Waals surface area contributed by atoms with Crippen LogP contribution in [0.3, 0.4) is 0 Å². The number of rotatable bonds is 3. The van der Waals surface area contributed by atoms with Crippen molar-refractivity contribution in [3.63, 3.8) is 0 Å². The molecule has 0 aromatic carbocycles. The number of hydrogen-bond donors (Lipinski definition) is 1. The van der Waals surface area contributed by atoms with Crippen LogP contribution in [-0.4, -0.2) is 36.8 Å². The second-order valence-corrected chi connectivity index (χ2v) is 5.81. The van der Waals surface area contributed by atoms with Gasteiger partial charge in [-0.1, -0.05) is 0 Å². The third-order valence-electron chi connectivity index (χ3n) is 3.07. The van der Waals surface area contributed by atoms with Crippen LogP contribution in [0.5, 0.6) is 0 Å². The standard InChI is InChI=1S/C14H22FN3O/c1-14(2,3)17-10-11-4-5-16-13(12(11)15)18-6-8-19-9-7-18/h4-5,17H,6-10H2,1-3H3. The van der Waals surface area contributed by atoms with E-state index < -0.39 is 0 Å². The third kappa shape index (κ3) is 3.88. The average Bonchev–Trinajstić information content (AvgIpc) is 2.37. The van der Waals surface area contributed by atoms with Crippen molar-refractivity contribution in [1.29, 1.82) is 0 Å². The lowest BCUT2D eigenvalue weighted by atomic mass is 10.1. The van der Waals surface area contributed by atoms with Gasteiger partial charge in [0.1, 0.15) is 0 Å². The summed E-state index contributed by atoms with van der Waals surface area (Å²) in [7, 11) is 0. The lowest BCUT2D eigenvalue weighted by molar-refractivity contribution is 0.122. The fourth-order valence-corrected chi connectivity index (χ4v) is 1.96. The van der Waals surface area contributed by atoms with Crippen LogP contribution >= 0.6 is 0 Å². The lowest BCUT2D eigenvalue weighted by Gasteiger charge is -2.28. The molecule has 2 rings (SSSR count). The van der Waals surface area contributed by atoms with Gasteiger partial charge in [-0.15, -0.1) is 0 Å². The van der Waals surface area contributed by atoms with Crippen molar-refractivity contribution in [3.05, 3.63) is 23.6 Å². The van der Waals surface area contributed by atoms with Gasteiger partial charge in [0, 0.05) is 36.9 Å². The maximum absolute atomic E-state index is 14.4. The van der Waals surface area contributed by atoms with E-state index in [-0.39, 0.29) is 11.4 Å². The van der Waals surface area contributed by atoms with Crippen molar-refractivity contribution in [2.24, 2.45) is 0 Å². The van der Waals surface area contributed by atoms with Crippen LogP contribution in [0, 0.1) is 5.82 Å². The van der Waals surface area contributed by atoms with Crippen molar-refractivity contribution in [3.8, 4) is 0 Å². The normalized spacial score (nSPS) is 16.7. The van der Waals surface area contributed by atoms with Crippen LogP contribution in [0.4, 0.5) is 10.2 Å². The highest BCUT2D eigenvalue weighted by Crippen LogP contribution is 2.20. The second kappa shape index (κ2) is 5.84. The highest BCUT2D eigenvalue weighted by atomic mass is 19.1. The molecule has 0 radical (unpaired) electrons. The lowest BCUT2D eigenvalue weighted by Crippen LogP contribution is -2.38. The Morgan fingerprint density at radius 3 is 2.68 bits per heavy atom. The Bertz CT molecular complexity index is 425. The Labute approximate surface area is 114 Å². The van der Waals surface area contributed by atoms with E-state index >= 15 is 0 Å². The van der Waals surface area contributed by atoms with Crippen LogP contribution in [0.2, 0.25) is 0 Å². The first-order valence-electron chi connectivity index (χ1n) is 6.68. The molecule has 1 aliphatic rings. The predicted molar refractivity (Wildman–Crippen MR) is 73.8 cm³/mol. The molecule has 19 heavy (non-hydrogen) atoms. The summed E-state index contributed by atoms with van der Waals surface area (Å²) < 4.78 is 19.7. The first-order chi connectivity index (χ1) is 8.97. The van der Waals surface area contributed by atoms with Gasteiger partial charge in [0.05, 0.1) is 13.2 Å². The Balaban J connectivity index is 2.13. The van der Waals surface area contributed by atoms with Crippen LogP contribution in [0.15, 0.2) is 12.3 Å². The largest absolute Gasteiger partial charge is 0.378 e. The average molecular weight is 267 g/mol. The molecule has 1 fully saturated rings. The van der Waals surface area contributed by atoms with Gasteiger partial charge in [-0.3, -0.25) is 0 Å². The molecular formula is C14H22FN3O. The van der Waals surface area contributed by atoms with E-state index in [9.17, 15) is 4.39 Å². The molecule has 0 amide bonds. The fraction of sp³-hybridized carbons (Fsp3) is 0.643. The van der Waals surface area contributed by atoms with Crippen LogP contribution < -0.4 is 10.2 Å². The van der Waals surface area contributed by atoms with Gasteiger partial charge >= 0.3 is 0 Å². The van der Waals surface area contributed by atoms with Crippen molar-refractivity contribution < 1.29 is 9.13 Å². The summed E-state index contributed by atoms with van der Waals surface area (Å²) in [4.78, 5) is 6.12. The van der Waals surface area contributed by atoms with E-state index in [0.29, 0.717) is 44.2 Å². The number of nitrogens with one attached hydrogen (secondary N) is 1. The number of aromatic nitrogens is 1. The summed E-state index contributed by atoms with van der Waals surface area (Å²) in [5, 5.41) is 3.30. The molecule has 1 aliphatic heterocycles. The third-order valence-corrected chi connectivity index (χ3v) is 3.07. The molecule has 0 unspecified atom stereocenters. The zero-order valence-corrected chi connectivity index (χ0v) is 11.9. The van der Waals surface area contributed by atoms with Gasteiger partial charge in [0.2, 0.25) is 0 Å². The summed E-state index contributed by atoms with van der Waals surface area (Å²) in [6.07, 6.45) is 1.67. The predicted octanol–water partition coefficient (Wildman–Crippen LogP) is 1.95. The number of hydrogen-bond acceptors (Lipinski definition) is 4. The van der Waals surface area contributed by atoms with Gasteiger partial charge < -0.3 is 15.0 Å². The topological polar surface area (TPSA) is 37.4 Å². The van der Waals surface area contributed by atoms with Crippen molar-refractivity contribution >= 4 is 5.82 Å². The minimum Gasteiger partial charge on any atom is -0.378 e. The Morgan fingerprint density at radius 2 is 2.05 bits per heavy atom. The number of halogens is 1. The van der Waals surface area contributed by atoms with Crippen LogP contribution in [0.25, 0.3) is 0 Å². The summed E-state index contributed by atoms with van der Waals surface area (Å²) in [5.74, 6) is 0.220. The van der Waals surface area contributed by atoms with E-state index in [4.69, 9.17) is 4.74 Å². The Hall–Kier alpha value is -1.20. The maximum Gasteiger partial charge on any atom is 0.170 e. The quantitative estimate of drug-likeness (QED) is 0.908. The van der Waals surface area contributed by atoms with E-state index in [0.717, 1.165) is 0 Å². The number of ether oxygens (including phenoxy) is 1. The molecule has 4 nitrogen and oxygen atoms in total. The van der Waals surface area contributed by atoms with Gasteiger partial charge in [0.25, 0.3) is 0 Å². The monoisotopic (exact) mass is 267 g/mol. The first kappa shape index (κ1) is 14.2. The second-order valence-electron chi connectivity index (χ2n) is 5.81. The minimum absolute atomic E-state index is 0.0329. The molecule has 0 bridgehead atoms. The zero-order chi connectivity index (χ0) is 13.9. The molecule has 1 aromatic rings. The van der Waals surface area contributed by atoms with E-state index in [1.165, 1.54) is 0 Å². The number of anilines is 1. The fourth-order valence-electron chi connectivity index (χ4n) is 1.96. The van der Waals surface area contributed by atoms with E-state index in [1.807, 2.05) is 4.90 Å². The molecule has 1 aromatic heterocycles. The van der Waals surface area contributed by atoms with Crippen molar-refractivity contribution in [2.45, 2.75) is 32.9 Å². The Morgan fingerprint density at radius 1 is 1.37 bits per heavy atom. The van der Waals surface area contributed by atoms with Gasteiger partial charge in [-0.2, -0.15) is 0 Å². The van der Waals surface area contributed by atoms with Gasteiger partial charge in [-0.05, 0) is 26.8 Å². The van der Waals surface area contributed by atoms with E-state index in [1.54, 1.807) is 12.3 Å². The molecule has 5 heteroatoms. The van der Waals surface area contributed by atoms with Crippen molar-refractivity contribution in [1.82, 2.24) is 10.3 Å². The molecule has 0 spiro atoms. The molecule has 1 N–H and O–H groups in total. The molecule has 106 valence electrons. The minimum atomic E-state index is -0.221. The van der Waals surface area contributed by atoms with Crippen LogP contribution in [0.1, 0.15) is 26.3 Å². The van der Waals surface area contributed by atoms with Crippen LogP contribution in [-0.2, 0) is 11.3 Å². The van der Waals surface area contributed by atoms with E-state index in [2.05, 4.69) is 31.1 Å².